The maximum Gasteiger partial charge on any atom is 0.0761 e. The van der Waals surface area contributed by atoms with E-state index in [0.29, 0.717) is 6.10 Å². The fourth-order valence-electron chi connectivity index (χ4n) is 1.41. The summed E-state index contributed by atoms with van der Waals surface area (Å²) in [5.74, 6) is 0.804. The fraction of sp³-hybridized carbons (Fsp3) is 0.636. The Morgan fingerprint density at radius 3 is 2.92 bits per heavy atom. The highest BCUT2D eigenvalue weighted by molar-refractivity contribution is 5.12. The van der Waals surface area contributed by atoms with Crippen molar-refractivity contribution in [2.75, 3.05) is 6.61 Å². The lowest BCUT2D eigenvalue weighted by Crippen LogP contribution is -2.22. The molecule has 1 heterocycles. The summed E-state index contributed by atoms with van der Waals surface area (Å²) in [5.41, 5.74) is 1.09. The van der Waals surface area contributed by atoms with Crippen LogP contribution in [-0.4, -0.2) is 12.7 Å². The highest BCUT2D eigenvalue weighted by atomic mass is 16.5. The molecule has 1 aliphatic heterocycles. The summed E-state index contributed by atoms with van der Waals surface area (Å²) in [7, 11) is 0. The molecule has 0 aromatic heterocycles. The first kappa shape index (κ1) is 9.53. The van der Waals surface area contributed by atoms with E-state index in [1.807, 2.05) is 13.0 Å². The lowest BCUT2D eigenvalue weighted by atomic mass is 9.97. The number of rotatable bonds is 2. The number of ether oxygens (including phenoxy) is 1. The Kier molecular flexibility index (Phi) is 3.54. The zero-order valence-corrected chi connectivity index (χ0v) is 8.05. The predicted molar refractivity (Wildman–Crippen MR) is 52.1 cm³/mol. The lowest BCUT2D eigenvalue weighted by Gasteiger charge is -2.24. The molecule has 1 fully saturated rings. The van der Waals surface area contributed by atoms with Gasteiger partial charge in [-0.05, 0) is 25.7 Å². The fourth-order valence-corrected chi connectivity index (χ4v) is 1.41. The maximum absolute atomic E-state index is 5.57. The Morgan fingerprint density at radius 1 is 1.58 bits per heavy atom. The quantitative estimate of drug-likeness (QED) is 0.573. The third kappa shape index (κ3) is 3.22. The minimum Gasteiger partial charge on any atom is -0.374 e. The first-order valence-corrected chi connectivity index (χ1v) is 4.64. The van der Waals surface area contributed by atoms with Crippen LogP contribution in [0.15, 0.2) is 24.3 Å². The van der Waals surface area contributed by atoms with E-state index in [0.717, 1.165) is 24.5 Å². The molecule has 0 N–H and O–H groups in total. The van der Waals surface area contributed by atoms with Gasteiger partial charge in [0.05, 0.1) is 6.10 Å². The predicted octanol–water partition coefficient (Wildman–Crippen LogP) is 2.93. The van der Waals surface area contributed by atoms with E-state index < -0.39 is 0 Å². The minimum atomic E-state index is 0.324. The molecular weight excluding hydrogens is 148 g/mol. The second-order valence-corrected chi connectivity index (χ2v) is 3.74. The van der Waals surface area contributed by atoms with Crippen molar-refractivity contribution in [2.45, 2.75) is 32.8 Å². The molecule has 2 atom stereocenters. The Balaban J connectivity index is 2.36. The highest BCUT2D eigenvalue weighted by Gasteiger charge is 2.16. The number of hydrogen-bond acceptors (Lipinski definition) is 1. The van der Waals surface area contributed by atoms with Gasteiger partial charge in [0.1, 0.15) is 0 Å². The van der Waals surface area contributed by atoms with Crippen LogP contribution in [0.5, 0.6) is 0 Å². The summed E-state index contributed by atoms with van der Waals surface area (Å²) in [5, 5.41) is 0. The van der Waals surface area contributed by atoms with Gasteiger partial charge in [-0.25, -0.2) is 0 Å². The second kappa shape index (κ2) is 4.46. The molecule has 0 aromatic rings. The van der Waals surface area contributed by atoms with Crippen molar-refractivity contribution in [2.24, 2.45) is 5.92 Å². The van der Waals surface area contributed by atoms with Gasteiger partial charge in [0.15, 0.2) is 0 Å². The van der Waals surface area contributed by atoms with Crippen molar-refractivity contribution < 1.29 is 4.74 Å². The number of allylic oxidation sites excluding steroid dienone is 2. The summed E-state index contributed by atoms with van der Waals surface area (Å²) in [6.07, 6.45) is 6.85. The van der Waals surface area contributed by atoms with Gasteiger partial charge in [-0.3, -0.25) is 0 Å². The van der Waals surface area contributed by atoms with E-state index in [1.54, 1.807) is 0 Å². The highest BCUT2D eigenvalue weighted by Crippen LogP contribution is 2.20. The molecule has 0 bridgehead atoms. The SMILES string of the molecule is C=C(C)/C=C/[C@H]1C[C@@H](C)CCO1. The zero-order valence-electron chi connectivity index (χ0n) is 8.05. The molecule has 1 aliphatic rings. The Bertz CT molecular complexity index is 181. The van der Waals surface area contributed by atoms with Crippen LogP contribution in [0.4, 0.5) is 0 Å². The van der Waals surface area contributed by atoms with Crippen LogP contribution in [0.1, 0.15) is 26.7 Å². The molecule has 0 aromatic carbocycles. The van der Waals surface area contributed by atoms with E-state index in [-0.39, 0.29) is 0 Å². The van der Waals surface area contributed by atoms with E-state index >= 15 is 0 Å². The van der Waals surface area contributed by atoms with Gasteiger partial charge < -0.3 is 4.74 Å². The van der Waals surface area contributed by atoms with Crippen molar-refractivity contribution in [3.8, 4) is 0 Å². The molecular formula is C11H18O. The average Bonchev–Trinajstić information content (AvgIpc) is 2.01. The van der Waals surface area contributed by atoms with Crippen LogP contribution < -0.4 is 0 Å². The van der Waals surface area contributed by atoms with Crippen molar-refractivity contribution in [3.05, 3.63) is 24.3 Å². The molecule has 0 radical (unpaired) electrons. The molecule has 0 spiro atoms. The van der Waals surface area contributed by atoms with Gasteiger partial charge in [-0.2, -0.15) is 0 Å². The van der Waals surface area contributed by atoms with Crippen LogP contribution in [-0.2, 0) is 4.74 Å². The molecule has 0 aliphatic carbocycles. The average molecular weight is 166 g/mol. The molecule has 68 valence electrons. The standard InChI is InChI=1S/C11H18O/c1-9(2)4-5-11-8-10(3)6-7-12-11/h4-5,10-11H,1,6-8H2,2-3H3/b5-4+/t10-,11-/m0/s1. The maximum atomic E-state index is 5.57. The van der Waals surface area contributed by atoms with Crippen molar-refractivity contribution in [3.63, 3.8) is 0 Å². The summed E-state index contributed by atoms with van der Waals surface area (Å²) in [6, 6.07) is 0. The topological polar surface area (TPSA) is 9.23 Å². The third-order valence-electron chi connectivity index (χ3n) is 2.17. The molecule has 0 amide bonds. The van der Waals surface area contributed by atoms with E-state index in [1.165, 1.54) is 6.42 Å². The van der Waals surface area contributed by atoms with Crippen molar-refractivity contribution in [1.29, 1.82) is 0 Å². The summed E-state index contributed by atoms with van der Waals surface area (Å²) in [6.45, 7) is 9.01. The van der Waals surface area contributed by atoms with Gasteiger partial charge in [-0.1, -0.05) is 31.2 Å². The normalized spacial score (nSPS) is 30.8. The molecule has 0 saturated carbocycles. The van der Waals surface area contributed by atoms with Crippen molar-refractivity contribution >= 4 is 0 Å². The van der Waals surface area contributed by atoms with Crippen LogP contribution in [0.3, 0.4) is 0 Å². The zero-order chi connectivity index (χ0) is 8.97. The van der Waals surface area contributed by atoms with Gasteiger partial charge in [-0.15, -0.1) is 0 Å². The summed E-state index contributed by atoms with van der Waals surface area (Å²) >= 11 is 0. The first-order chi connectivity index (χ1) is 5.68. The van der Waals surface area contributed by atoms with Crippen LogP contribution in [0, 0.1) is 5.92 Å². The summed E-state index contributed by atoms with van der Waals surface area (Å²) < 4.78 is 5.57. The molecule has 1 rings (SSSR count). The van der Waals surface area contributed by atoms with Gasteiger partial charge in [0.25, 0.3) is 0 Å². The van der Waals surface area contributed by atoms with Gasteiger partial charge >= 0.3 is 0 Å². The van der Waals surface area contributed by atoms with Crippen LogP contribution in [0.2, 0.25) is 0 Å². The smallest absolute Gasteiger partial charge is 0.0761 e. The Morgan fingerprint density at radius 2 is 2.33 bits per heavy atom. The molecule has 0 unspecified atom stereocenters. The molecule has 1 saturated heterocycles. The number of hydrogen-bond donors (Lipinski definition) is 0. The Hall–Kier alpha value is -0.560. The van der Waals surface area contributed by atoms with Crippen LogP contribution >= 0.6 is 0 Å². The monoisotopic (exact) mass is 166 g/mol. The van der Waals surface area contributed by atoms with E-state index in [9.17, 15) is 0 Å². The first-order valence-electron chi connectivity index (χ1n) is 4.64. The molecule has 1 nitrogen and oxygen atoms in total. The van der Waals surface area contributed by atoms with Crippen LogP contribution in [0.25, 0.3) is 0 Å². The lowest BCUT2D eigenvalue weighted by molar-refractivity contribution is 0.0239. The van der Waals surface area contributed by atoms with Crippen molar-refractivity contribution in [1.82, 2.24) is 0 Å². The van der Waals surface area contributed by atoms with Gasteiger partial charge in [0, 0.05) is 6.61 Å². The third-order valence-corrected chi connectivity index (χ3v) is 2.17. The summed E-state index contributed by atoms with van der Waals surface area (Å²) in [4.78, 5) is 0. The van der Waals surface area contributed by atoms with E-state index in [4.69, 9.17) is 4.74 Å². The van der Waals surface area contributed by atoms with Gasteiger partial charge in [0.2, 0.25) is 0 Å². The Labute approximate surface area is 75.1 Å². The molecule has 12 heavy (non-hydrogen) atoms. The second-order valence-electron chi connectivity index (χ2n) is 3.74. The van der Waals surface area contributed by atoms with E-state index in [2.05, 4.69) is 19.6 Å². The minimum absolute atomic E-state index is 0.324. The molecule has 1 heteroatoms. The largest absolute Gasteiger partial charge is 0.374 e.